The molecule has 1 rings (SSSR count). The van der Waals surface area contributed by atoms with E-state index in [-0.39, 0.29) is 0 Å². The van der Waals surface area contributed by atoms with Gasteiger partial charge in [-0.15, -0.1) is 0 Å². The van der Waals surface area contributed by atoms with Crippen LogP contribution in [0.3, 0.4) is 0 Å². The van der Waals surface area contributed by atoms with E-state index in [0.29, 0.717) is 24.8 Å². The average molecular weight is 247 g/mol. The lowest BCUT2D eigenvalue weighted by molar-refractivity contribution is 0.466. The maximum atomic E-state index is 9.67. The molecular weight excluding hydrogens is 226 g/mol. The molecule has 0 bridgehead atoms. The number of benzene rings is 1. The van der Waals surface area contributed by atoms with Crippen LogP contribution in [0.5, 0.6) is 5.75 Å². The first-order valence-corrected chi connectivity index (χ1v) is 5.87. The van der Waals surface area contributed by atoms with Crippen LogP contribution in [0.2, 0.25) is 0 Å². The number of phenols is 1. The van der Waals surface area contributed by atoms with E-state index >= 15 is 0 Å². The Bertz CT molecular complexity index is 455. The van der Waals surface area contributed by atoms with Gasteiger partial charge < -0.3 is 16.2 Å². The van der Waals surface area contributed by atoms with Gasteiger partial charge in [-0.25, -0.2) is 4.99 Å². The summed E-state index contributed by atoms with van der Waals surface area (Å²) in [4.78, 5) is 4.24. The predicted octanol–water partition coefficient (Wildman–Crippen LogP) is 1.99. The molecule has 0 spiro atoms. The van der Waals surface area contributed by atoms with Gasteiger partial charge in [0.25, 0.3) is 0 Å². The molecule has 0 aliphatic heterocycles. The van der Waals surface area contributed by atoms with Gasteiger partial charge in [0, 0.05) is 6.54 Å². The Morgan fingerprint density at radius 1 is 1.39 bits per heavy atom. The van der Waals surface area contributed by atoms with Crippen LogP contribution < -0.4 is 11.1 Å². The number of nitrogens with zero attached hydrogens (tertiary/aromatic N) is 1. The molecule has 1 aromatic carbocycles. The van der Waals surface area contributed by atoms with E-state index in [4.69, 9.17) is 5.73 Å². The minimum atomic E-state index is 0.344. The minimum absolute atomic E-state index is 0.344. The van der Waals surface area contributed by atoms with Crippen molar-refractivity contribution in [1.29, 1.82) is 0 Å². The van der Waals surface area contributed by atoms with Crippen LogP contribution in [0.25, 0.3) is 0 Å². The summed E-state index contributed by atoms with van der Waals surface area (Å²) < 4.78 is 0. The summed E-state index contributed by atoms with van der Waals surface area (Å²) in [5.74, 6) is 0.748. The van der Waals surface area contributed by atoms with E-state index in [0.717, 1.165) is 22.3 Å². The Hall–Kier alpha value is -1.97. The second-order valence-corrected chi connectivity index (χ2v) is 4.59. The number of nitrogens with one attached hydrogen (secondary N) is 1. The zero-order valence-electron chi connectivity index (χ0n) is 11.2. The minimum Gasteiger partial charge on any atom is -0.507 e. The number of aromatic hydroxyl groups is 1. The van der Waals surface area contributed by atoms with Gasteiger partial charge in [-0.2, -0.15) is 0 Å². The SMILES string of the molecule is C=C(C)CNC(N)=NCc1cc(C)c(O)c(C)c1. The molecule has 0 fully saturated rings. The lowest BCUT2D eigenvalue weighted by atomic mass is 10.1. The highest BCUT2D eigenvalue weighted by molar-refractivity contribution is 5.78. The zero-order chi connectivity index (χ0) is 13.7. The summed E-state index contributed by atoms with van der Waals surface area (Å²) in [6.07, 6.45) is 0. The molecule has 0 saturated heterocycles. The van der Waals surface area contributed by atoms with E-state index in [9.17, 15) is 5.11 Å². The smallest absolute Gasteiger partial charge is 0.189 e. The first kappa shape index (κ1) is 14.1. The molecule has 1 aromatic rings. The molecule has 0 heterocycles. The normalized spacial score (nSPS) is 11.4. The van der Waals surface area contributed by atoms with Crippen molar-refractivity contribution in [3.05, 3.63) is 41.0 Å². The standard InChI is InChI=1S/C14H21N3O/c1-9(2)7-16-14(15)17-8-12-5-10(3)13(18)11(4)6-12/h5-6,18H,1,7-8H2,2-4H3,(H3,15,16,17). The number of hydrogen-bond donors (Lipinski definition) is 3. The Labute approximate surface area is 108 Å². The van der Waals surface area contributed by atoms with Gasteiger partial charge in [-0.3, -0.25) is 0 Å². The summed E-state index contributed by atoms with van der Waals surface area (Å²) in [6, 6.07) is 3.83. The third kappa shape index (κ3) is 4.13. The van der Waals surface area contributed by atoms with Crippen molar-refractivity contribution in [2.24, 2.45) is 10.7 Å². The Balaban J connectivity index is 2.68. The maximum absolute atomic E-state index is 9.67. The number of phenolic OH excluding ortho intramolecular Hbond substituents is 1. The summed E-state index contributed by atoms with van der Waals surface area (Å²) in [5.41, 5.74) is 9.47. The van der Waals surface area contributed by atoms with Crippen molar-refractivity contribution < 1.29 is 5.11 Å². The number of nitrogens with two attached hydrogens (primary N) is 1. The predicted molar refractivity (Wildman–Crippen MR) is 75.7 cm³/mol. The molecule has 4 N–H and O–H groups in total. The summed E-state index contributed by atoms with van der Waals surface area (Å²) in [5, 5.41) is 12.6. The van der Waals surface area contributed by atoms with Gasteiger partial charge in [-0.05, 0) is 37.5 Å². The molecule has 0 saturated carbocycles. The molecule has 0 aliphatic carbocycles. The van der Waals surface area contributed by atoms with Crippen molar-refractivity contribution in [3.63, 3.8) is 0 Å². The summed E-state index contributed by atoms with van der Waals surface area (Å²) in [6.45, 7) is 10.6. The highest BCUT2D eigenvalue weighted by Gasteiger charge is 2.03. The summed E-state index contributed by atoms with van der Waals surface area (Å²) >= 11 is 0. The molecule has 0 aromatic heterocycles. The van der Waals surface area contributed by atoms with Gasteiger partial charge in [-0.1, -0.05) is 24.3 Å². The quantitative estimate of drug-likeness (QED) is 0.433. The largest absolute Gasteiger partial charge is 0.507 e. The van der Waals surface area contributed by atoms with Crippen molar-refractivity contribution in [2.45, 2.75) is 27.3 Å². The van der Waals surface area contributed by atoms with Crippen LogP contribution in [0.4, 0.5) is 0 Å². The van der Waals surface area contributed by atoms with Crippen LogP contribution in [-0.2, 0) is 6.54 Å². The lowest BCUT2D eigenvalue weighted by Gasteiger charge is -2.07. The fourth-order valence-corrected chi connectivity index (χ4v) is 1.61. The highest BCUT2D eigenvalue weighted by atomic mass is 16.3. The second-order valence-electron chi connectivity index (χ2n) is 4.59. The van der Waals surface area contributed by atoms with Crippen molar-refractivity contribution in [1.82, 2.24) is 5.32 Å². The highest BCUT2D eigenvalue weighted by Crippen LogP contribution is 2.23. The molecule has 4 nitrogen and oxygen atoms in total. The van der Waals surface area contributed by atoms with Crippen LogP contribution in [0, 0.1) is 13.8 Å². The van der Waals surface area contributed by atoms with E-state index < -0.39 is 0 Å². The van der Waals surface area contributed by atoms with E-state index in [1.54, 1.807) is 0 Å². The van der Waals surface area contributed by atoms with Crippen LogP contribution in [0.1, 0.15) is 23.6 Å². The van der Waals surface area contributed by atoms with Crippen molar-refractivity contribution >= 4 is 5.96 Å². The number of aryl methyl sites for hydroxylation is 2. The van der Waals surface area contributed by atoms with Crippen molar-refractivity contribution in [3.8, 4) is 5.75 Å². The number of rotatable bonds is 4. The zero-order valence-corrected chi connectivity index (χ0v) is 11.2. The first-order chi connectivity index (χ1) is 8.40. The van der Waals surface area contributed by atoms with Crippen LogP contribution in [-0.4, -0.2) is 17.6 Å². The number of hydrogen-bond acceptors (Lipinski definition) is 2. The van der Waals surface area contributed by atoms with Crippen LogP contribution >= 0.6 is 0 Å². The number of aliphatic imine (C=N–C) groups is 1. The van der Waals surface area contributed by atoms with E-state index in [2.05, 4.69) is 16.9 Å². The van der Waals surface area contributed by atoms with Gasteiger partial charge in [0.15, 0.2) is 5.96 Å². The maximum Gasteiger partial charge on any atom is 0.189 e. The monoisotopic (exact) mass is 247 g/mol. The van der Waals surface area contributed by atoms with Gasteiger partial charge in [0.1, 0.15) is 5.75 Å². The number of guanidine groups is 1. The van der Waals surface area contributed by atoms with Crippen molar-refractivity contribution in [2.75, 3.05) is 6.54 Å². The van der Waals surface area contributed by atoms with E-state index in [1.165, 1.54) is 0 Å². The molecule has 18 heavy (non-hydrogen) atoms. The van der Waals surface area contributed by atoms with E-state index in [1.807, 2.05) is 32.9 Å². The fourth-order valence-electron chi connectivity index (χ4n) is 1.61. The molecule has 98 valence electrons. The molecule has 0 amide bonds. The van der Waals surface area contributed by atoms with Gasteiger partial charge in [0.2, 0.25) is 0 Å². The molecule has 0 unspecified atom stereocenters. The lowest BCUT2D eigenvalue weighted by Crippen LogP contribution is -2.32. The molecule has 0 aliphatic rings. The topological polar surface area (TPSA) is 70.6 Å². The third-order valence-corrected chi connectivity index (χ3v) is 2.55. The fraction of sp³-hybridized carbons (Fsp3) is 0.357. The Kier molecular flexibility index (Phi) is 4.77. The third-order valence-electron chi connectivity index (χ3n) is 2.55. The Morgan fingerprint density at radius 3 is 2.44 bits per heavy atom. The first-order valence-electron chi connectivity index (χ1n) is 5.87. The Morgan fingerprint density at radius 2 is 1.94 bits per heavy atom. The second kappa shape index (κ2) is 6.10. The molecule has 0 radical (unpaired) electrons. The average Bonchev–Trinajstić information content (AvgIpc) is 2.30. The summed E-state index contributed by atoms with van der Waals surface area (Å²) in [7, 11) is 0. The van der Waals surface area contributed by atoms with Gasteiger partial charge >= 0.3 is 0 Å². The van der Waals surface area contributed by atoms with Gasteiger partial charge in [0.05, 0.1) is 6.54 Å². The van der Waals surface area contributed by atoms with Crippen LogP contribution in [0.15, 0.2) is 29.3 Å². The molecular formula is C14H21N3O. The molecule has 0 atom stereocenters. The molecule has 4 heteroatoms.